The fourth-order valence-corrected chi connectivity index (χ4v) is 3.93. The zero-order chi connectivity index (χ0) is 20.5. The number of halogens is 3. The normalized spacial score (nSPS) is 24.0. The number of aromatic nitrogens is 4. The van der Waals surface area contributed by atoms with E-state index in [4.69, 9.17) is 19.2 Å². The molecule has 13 heteroatoms. The first-order valence-corrected chi connectivity index (χ1v) is 9.21. The maximum absolute atomic E-state index is 10.6. The van der Waals surface area contributed by atoms with Gasteiger partial charge in [0, 0.05) is 25.4 Å². The highest BCUT2D eigenvalue weighted by molar-refractivity contribution is 7.15. The molecule has 2 saturated heterocycles. The van der Waals surface area contributed by atoms with Crippen LogP contribution in [-0.2, 0) is 16.0 Å². The molecule has 0 amide bonds. The molecule has 2 fully saturated rings. The summed E-state index contributed by atoms with van der Waals surface area (Å²) in [5.74, 6) is -0.410. The lowest BCUT2D eigenvalue weighted by Crippen LogP contribution is -2.24. The van der Waals surface area contributed by atoms with Crippen LogP contribution in [0.3, 0.4) is 0 Å². The monoisotopic (exact) mass is 421 g/mol. The van der Waals surface area contributed by atoms with Crippen LogP contribution in [0, 0.1) is 25.7 Å². The Morgan fingerprint density at radius 2 is 2.04 bits per heavy atom. The van der Waals surface area contributed by atoms with Gasteiger partial charge in [-0.05, 0) is 19.8 Å². The minimum Gasteiger partial charge on any atom is -0.475 e. The Balaban J connectivity index is 0.000000279. The lowest BCUT2D eigenvalue weighted by atomic mass is 9.90. The van der Waals surface area contributed by atoms with Crippen molar-refractivity contribution < 1.29 is 32.3 Å². The van der Waals surface area contributed by atoms with Gasteiger partial charge in [0.15, 0.2) is 5.82 Å². The Hall–Kier alpha value is -2.28. The van der Waals surface area contributed by atoms with Gasteiger partial charge in [-0.25, -0.2) is 4.79 Å². The molecular weight excluding hydrogens is 403 g/mol. The minimum atomic E-state index is -5.08. The quantitative estimate of drug-likeness (QED) is 0.793. The summed E-state index contributed by atoms with van der Waals surface area (Å²) in [6.45, 7) is 6.47. The van der Waals surface area contributed by atoms with Gasteiger partial charge >= 0.3 is 12.1 Å². The summed E-state index contributed by atoms with van der Waals surface area (Å²) in [7, 11) is 0. The SMILES string of the molecule is Cc1noc(C[C@H]2CO[C@@H]3CN(c4nnc(C)s4)C[C@H]23)n1.O=C(O)C(F)(F)F. The van der Waals surface area contributed by atoms with Crippen molar-refractivity contribution in [3.05, 3.63) is 16.7 Å². The van der Waals surface area contributed by atoms with Crippen molar-refractivity contribution in [1.29, 1.82) is 0 Å². The molecule has 28 heavy (non-hydrogen) atoms. The van der Waals surface area contributed by atoms with Crippen LogP contribution in [0.1, 0.15) is 16.7 Å². The van der Waals surface area contributed by atoms with Gasteiger partial charge < -0.3 is 19.3 Å². The van der Waals surface area contributed by atoms with E-state index in [1.165, 1.54) is 0 Å². The van der Waals surface area contributed by atoms with Crippen LogP contribution in [0.2, 0.25) is 0 Å². The van der Waals surface area contributed by atoms with E-state index in [0.29, 0.717) is 23.6 Å². The van der Waals surface area contributed by atoms with Crippen molar-refractivity contribution in [3.8, 4) is 0 Å². The molecule has 154 valence electrons. The molecule has 0 saturated carbocycles. The first-order valence-electron chi connectivity index (χ1n) is 8.39. The number of fused-ring (bicyclic) bond motifs is 1. The molecule has 4 rings (SSSR count). The summed E-state index contributed by atoms with van der Waals surface area (Å²) in [6.07, 6.45) is -4.01. The predicted molar refractivity (Wildman–Crippen MR) is 90.0 cm³/mol. The van der Waals surface area contributed by atoms with E-state index in [-0.39, 0.29) is 6.10 Å². The largest absolute Gasteiger partial charge is 0.490 e. The van der Waals surface area contributed by atoms with Crippen LogP contribution in [-0.4, -0.2) is 63.4 Å². The minimum absolute atomic E-state index is 0.281. The molecule has 0 radical (unpaired) electrons. The highest BCUT2D eigenvalue weighted by Crippen LogP contribution is 2.37. The van der Waals surface area contributed by atoms with E-state index in [9.17, 15) is 13.2 Å². The summed E-state index contributed by atoms with van der Waals surface area (Å²) in [6, 6.07) is 0. The zero-order valence-electron chi connectivity index (χ0n) is 15.0. The number of hydrogen-bond donors (Lipinski definition) is 1. The van der Waals surface area contributed by atoms with Gasteiger partial charge in [-0.2, -0.15) is 18.2 Å². The topological polar surface area (TPSA) is 114 Å². The van der Waals surface area contributed by atoms with E-state index in [1.54, 1.807) is 11.3 Å². The molecule has 0 bridgehead atoms. The lowest BCUT2D eigenvalue weighted by molar-refractivity contribution is -0.192. The molecule has 9 nitrogen and oxygen atoms in total. The van der Waals surface area contributed by atoms with E-state index in [2.05, 4.69) is 25.2 Å². The number of carbonyl (C=O) groups is 1. The van der Waals surface area contributed by atoms with Gasteiger partial charge in [-0.15, -0.1) is 10.2 Å². The van der Waals surface area contributed by atoms with E-state index in [1.807, 2.05) is 13.8 Å². The molecular formula is C15H18F3N5O4S. The summed E-state index contributed by atoms with van der Waals surface area (Å²) in [5, 5.41) is 21.3. The van der Waals surface area contributed by atoms with Gasteiger partial charge in [0.05, 0.1) is 12.7 Å². The molecule has 0 aliphatic carbocycles. The zero-order valence-corrected chi connectivity index (χ0v) is 15.8. The highest BCUT2D eigenvalue weighted by atomic mass is 32.1. The molecule has 2 aromatic rings. The van der Waals surface area contributed by atoms with Gasteiger partial charge in [0.25, 0.3) is 0 Å². The fraction of sp³-hybridized carbons (Fsp3) is 0.667. The number of alkyl halides is 3. The predicted octanol–water partition coefficient (Wildman–Crippen LogP) is 1.87. The average molecular weight is 421 g/mol. The number of carboxylic acids is 1. The molecule has 2 aliphatic heterocycles. The van der Waals surface area contributed by atoms with Gasteiger partial charge in [0.1, 0.15) is 5.01 Å². The molecule has 4 heterocycles. The number of anilines is 1. The van der Waals surface area contributed by atoms with E-state index in [0.717, 1.165) is 36.3 Å². The van der Waals surface area contributed by atoms with E-state index >= 15 is 0 Å². The number of aliphatic carboxylic acids is 1. The Kier molecular flexibility index (Phi) is 5.84. The Labute approximate surface area is 161 Å². The second-order valence-corrected chi connectivity index (χ2v) is 7.71. The third-order valence-electron chi connectivity index (χ3n) is 4.47. The Bertz CT molecular complexity index is 827. The molecule has 0 unspecified atom stereocenters. The maximum Gasteiger partial charge on any atom is 0.490 e. The standard InChI is InChI=1S/C13H17N5O2S.C2HF3O2/c1-7-14-12(20-17-7)3-9-6-19-11-5-18(4-10(9)11)13-16-15-8(2)21-13;3-2(4,5)1(6)7/h9-11H,3-6H2,1-2H3;(H,6,7)/t9-,10+,11+;/m0./s1. The molecule has 0 spiro atoms. The summed E-state index contributed by atoms with van der Waals surface area (Å²) >= 11 is 1.64. The molecule has 0 aromatic carbocycles. The van der Waals surface area contributed by atoms with Crippen LogP contribution in [0.4, 0.5) is 18.3 Å². The fourth-order valence-electron chi connectivity index (χ4n) is 3.23. The summed E-state index contributed by atoms with van der Waals surface area (Å²) in [4.78, 5) is 15.5. The molecule has 2 aliphatic rings. The van der Waals surface area contributed by atoms with Crippen LogP contribution < -0.4 is 4.90 Å². The lowest BCUT2D eigenvalue weighted by Gasteiger charge is -2.17. The first-order chi connectivity index (χ1) is 13.1. The number of rotatable bonds is 3. The van der Waals surface area contributed by atoms with Crippen LogP contribution in [0.15, 0.2) is 4.52 Å². The third-order valence-corrected chi connectivity index (χ3v) is 5.37. The van der Waals surface area contributed by atoms with Crippen molar-refractivity contribution in [3.63, 3.8) is 0 Å². The number of ether oxygens (including phenoxy) is 1. The Morgan fingerprint density at radius 3 is 2.57 bits per heavy atom. The van der Waals surface area contributed by atoms with Crippen molar-refractivity contribution in [2.75, 3.05) is 24.6 Å². The number of hydrogen-bond acceptors (Lipinski definition) is 9. The first kappa shape index (κ1) is 20.5. The van der Waals surface area contributed by atoms with Crippen LogP contribution in [0.5, 0.6) is 0 Å². The summed E-state index contributed by atoms with van der Waals surface area (Å²) < 4.78 is 42.9. The smallest absolute Gasteiger partial charge is 0.475 e. The number of carboxylic acid groups (broad SMARTS) is 1. The van der Waals surface area contributed by atoms with Crippen molar-refractivity contribution in [2.24, 2.45) is 11.8 Å². The van der Waals surface area contributed by atoms with Crippen molar-refractivity contribution >= 4 is 22.4 Å². The second kappa shape index (κ2) is 7.99. The Morgan fingerprint density at radius 1 is 1.32 bits per heavy atom. The van der Waals surface area contributed by atoms with Gasteiger partial charge in [0.2, 0.25) is 11.0 Å². The highest BCUT2D eigenvalue weighted by Gasteiger charge is 2.45. The van der Waals surface area contributed by atoms with Gasteiger partial charge in [-0.1, -0.05) is 16.5 Å². The molecule has 1 N–H and O–H groups in total. The molecule has 3 atom stereocenters. The van der Waals surface area contributed by atoms with E-state index < -0.39 is 12.1 Å². The third kappa shape index (κ3) is 4.76. The maximum atomic E-state index is 10.6. The van der Waals surface area contributed by atoms with Crippen LogP contribution >= 0.6 is 11.3 Å². The number of nitrogens with zero attached hydrogens (tertiary/aromatic N) is 5. The second-order valence-electron chi connectivity index (χ2n) is 6.55. The average Bonchev–Trinajstić information content (AvgIpc) is 3.34. The van der Waals surface area contributed by atoms with Crippen molar-refractivity contribution in [2.45, 2.75) is 32.5 Å². The van der Waals surface area contributed by atoms with Gasteiger partial charge in [-0.3, -0.25) is 0 Å². The van der Waals surface area contributed by atoms with Crippen molar-refractivity contribution in [1.82, 2.24) is 20.3 Å². The molecule has 2 aromatic heterocycles. The van der Waals surface area contributed by atoms with Crippen LogP contribution in [0.25, 0.3) is 0 Å². The summed E-state index contributed by atoms with van der Waals surface area (Å²) in [5.41, 5.74) is 0. The number of aryl methyl sites for hydroxylation is 2.